The van der Waals surface area contributed by atoms with Crippen molar-refractivity contribution in [2.45, 2.75) is 39.8 Å². The summed E-state index contributed by atoms with van der Waals surface area (Å²) in [5, 5.41) is 8.15. The molecule has 4 heteroatoms. The normalized spacial score (nSPS) is 14.0. The third-order valence-electron chi connectivity index (χ3n) is 4.10. The number of aryl methyl sites for hydroxylation is 2. The zero-order valence-corrected chi connectivity index (χ0v) is 13.8. The molecular weight excluding hydrogens is 262 g/mol. The summed E-state index contributed by atoms with van der Waals surface area (Å²) < 4.78 is 7.39. The number of nitrogens with zero attached hydrogens (tertiary/aromatic N) is 2. The van der Waals surface area contributed by atoms with Crippen LogP contribution in [0.4, 0.5) is 0 Å². The van der Waals surface area contributed by atoms with Crippen LogP contribution in [-0.4, -0.2) is 16.9 Å². The molecular formula is C17H25N3O. The third-order valence-corrected chi connectivity index (χ3v) is 4.10. The molecule has 2 aromatic rings. The topological polar surface area (TPSA) is 39.1 Å². The lowest BCUT2D eigenvalue weighted by Gasteiger charge is -2.22. The van der Waals surface area contributed by atoms with E-state index in [0.29, 0.717) is 0 Å². The summed E-state index contributed by atoms with van der Waals surface area (Å²) in [7, 11) is 3.70. The van der Waals surface area contributed by atoms with E-state index in [1.165, 1.54) is 16.8 Å². The molecule has 4 nitrogen and oxygen atoms in total. The van der Waals surface area contributed by atoms with Gasteiger partial charge in [0.1, 0.15) is 5.75 Å². The van der Waals surface area contributed by atoms with Crippen molar-refractivity contribution in [3.63, 3.8) is 0 Å². The minimum Gasteiger partial charge on any atom is -0.496 e. The molecule has 21 heavy (non-hydrogen) atoms. The van der Waals surface area contributed by atoms with Gasteiger partial charge in [-0.3, -0.25) is 4.68 Å². The van der Waals surface area contributed by atoms with Crippen molar-refractivity contribution in [1.82, 2.24) is 15.1 Å². The van der Waals surface area contributed by atoms with Gasteiger partial charge in [-0.15, -0.1) is 0 Å². The Balaban J connectivity index is 2.21. The van der Waals surface area contributed by atoms with Gasteiger partial charge in [0.05, 0.1) is 12.8 Å². The fourth-order valence-electron chi connectivity index (χ4n) is 2.99. The molecule has 0 amide bonds. The number of methoxy groups -OCH3 is 1. The Labute approximate surface area is 127 Å². The van der Waals surface area contributed by atoms with Gasteiger partial charge in [0.15, 0.2) is 0 Å². The second-order valence-electron chi connectivity index (χ2n) is 5.56. The number of ether oxygens (including phenoxy) is 1. The molecule has 114 valence electrons. The van der Waals surface area contributed by atoms with Gasteiger partial charge < -0.3 is 10.1 Å². The predicted octanol–water partition coefficient (Wildman–Crippen LogP) is 3.46. The van der Waals surface area contributed by atoms with Crippen molar-refractivity contribution in [2.75, 3.05) is 7.11 Å². The molecule has 2 unspecified atom stereocenters. The Hall–Kier alpha value is -1.81. The number of nitrogens with one attached hydrogen (secondary N) is 1. The van der Waals surface area contributed by atoms with Crippen LogP contribution in [0.15, 0.2) is 24.3 Å². The van der Waals surface area contributed by atoms with Crippen LogP contribution < -0.4 is 10.1 Å². The molecule has 0 bridgehead atoms. The predicted molar refractivity (Wildman–Crippen MR) is 85.6 cm³/mol. The molecule has 0 aliphatic rings. The number of benzene rings is 1. The van der Waals surface area contributed by atoms with Crippen LogP contribution in [0.25, 0.3) is 0 Å². The monoisotopic (exact) mass is 287 g/mol. The molecule has 1 N–H and O–H groups in total. The van der Waals surface area contributed by atoms with E-state index in [9.17, 15) is 0 Å². The van der Waals surface area contributed by atoms with Crippen molar-refractivity contribution in [3.05, 3.63) is 46.8 Å². The highest BCUT2D eigenvalue weighted by Crippen LogP contribution is 2.28. The van der Waals surface area contributed by atoms with Gasteiger partial charge in [-0.05, 0) is 33.8 Å². The standard InChI is InChI=1S/C17H25N3O/c1-11(15-9-7-8-10-16(15)21-6)18-12(2)17-13(3)19-20(5)14(17)4/h7-12,18H,1-6H3. The second-order valence-corrected chi connectivity index (χ2v) is 5.56. The summed E-state index contributed by atoms with van der Waals surface area (Å²) in [6, 6.07) is 8.58. The summed E-state index contributed by atoms with van der Waals surface area (Å²) in [6.45, 7) is 8.52. The molecule has 1 heterocycles. The zero-order chi connectivity index (χ0) is 15.6. The van der Waals surface area contributed by atoms with Crippen LogP contribution in [0.3, 0.4) is 0 Å². The Morgan fingerprint density at radius 2 is 1.81 bits per heavy atom. The number of hydrogen-bond donors (Lipinski definition) is 1. The van der Waals surface area contributed by atoms with Crippen molar-refractivity contribution in [3.8, 4) is 5.75 Å². The van der Waals surface area contributed by atoms with Gasteiger partial charge in [0, 0.05) is 36.0 Å². The van der Waals surface area contributed by atoms with Crippen LogP contribution in [-0.2, 0) is 7.05 Å². The highest BCUT2D eigenvalue weighted by atomic mass is 16.5. The van der Waals surface area contributed by atoms with E-state index >= 15 is 0 Å². The van der Waals surface area contributed by atoms with Crippen molar-refractivity contribution in [1.29, 1.82) is 0 Å². The molecule has 0 spiro atoms. The lowest BCUT2D eigenvalue weighted by molar-refractivity contribution is 0.396. The molecule has 0 aliphatic heterocycles. The van der Waals surface area contributed by atoms with E-state index in [0.717, 1.165) is 11.4 Å². The zero-order valence-electron chi connectivity index (χ0n) is 13.8. The van der Waals surface area contributed by atoms with Gasteiger partial charge in [-0.25, -0.2) is 0 Å². The maximum Gasteiger partial charge on any atom is 0.123 e. The van der Waals surface area contributed by atoms with Gasteiger partial charge in [-0.1, -0.05) is 18.2 Å². The maximum absolute atomic E-state index is 5.45. The van der Waals surface area contributed by atoms with E-state index in [2.05, 4.69) is 44.2 Å². The first-order valence-electron chi connectivity index (χ1n) is 7.34. The molecule has 2 atom stereocenters. The lowest BCUT2D eigenvalue weighted by Crippen LogP contribution is -2.23. The SMILES string of the molecule is COc1ccccc1C(C)NC(C)c1c(C)nn(C)c1C. The van der Waals surface area contributed by atoms with Gasteiger partial charge in [-0.2, -0.15) is 5.10 Å². The quantitative estimate of drug-likeness (QED) is 0.915. The summed E-state index contributed by atoms with van der Waals surface area (Å²) in [5.74, 6) is 0.921. The van der Waals surface area contributed by atoms with Gasteiger partial charge in [0.2, 0.25) is 0 Å². The van der Waals surface area contributed by atoms with Crippen LogP contribution in [0.1, 0.15) is 48.4 Å². The minimum absolute atomic E-state index is 0.204. The molecule has 0 saturated heterocycles. The van der Waals surface area contributed by atoms with Crippen LogP contribution >= 0.6 is 0 Å². The first-order chi connectivity index (χ1) is 9.95. The summed E-state index contributed by atoms with van der Waals surface area (Å²) in [6.07, 6.45) is 0. The summed E-state index contributed by atoms with van der Waals surface area (Å²) in [5.41, 5.74) is 4.74. The fraction of sp³-hybridized carbons (Fsp3) is 0.471. The molecule has 1 aromatic carbocycles. The van der Waals surface area contributed by atoms with E-state index in [1.807, 2.05) is 29.9 Å². The second kappa shape index (κ2) is 6.31. The van der Waals surface area contributed by atoms with Crippen LogP contribution in [0, 0.1) is 13.8 Å². The van der Waals surface area contributed by atoms with Gasteiger partial charge >= 0.3 is 0 Å². The van der Waals surface area contributed by atoms with E-state index in [-0.39, 0.29) is 12.1 Å². The van der Waals surface area contributed by atoms with E-state index in [4.69, 9.17) is 4.74 Å². The van der Waals surface area contributed by atoms with E-state index < -0.39 is 0 Å². The summed E-state index contributed by atoms with van der Waals surface area (Å²) in [4.78, 5) is 0. The fourth-order valence-corrected chi connectivity index (χ4v) is 2.99. The smallest absolute Gasteiger partial charge is 0.123 e. The molecule has 0 fully saturated rings. The first kappa shape index (κ1) is 15.6. The molecule has 2 rings (SSSR count). The Morgan fingerprint density at radius 1 is 1.14 bits per heavy atom. The van der Waals surface area contributed by atoms with Crippen molar-refractivity contribution < 1.29 is 4.74 Å². The molecule has 0 saturated carbocycles. The molecule has 0 aliphatic carbocycles. The first-order valence-corrected chi connectivity index (χ1v) is 7.34. The minimum atomic E-state index is 0.204. The van der Waals surface area contributed by atoms with Crippen LogP contribution in [0.2, 0.25) is 0 Å². The number of aromatic nitrogens is 2. The van der Waals surface area contributed by atoms with Crippen molar-refractivity contribution in [2.24, 2.45) is 7.05 Å². The Morgan fingerprint density at radius 3 is 2.38 bits per heavy atom. The van der Waals surface area contributed by atoms with Crippen molar-refractivity contribution >= 4 is 0 Å². The highest BCUT2D eigenvalue weighted by molar-refractivity contribution is 5.36. The van der Waals surface area contributed by atoms with E-state index in [1.54, 1.807) is 7.11 Å². The number of hydrogen-bond acceptors (Lipinski definition) is 3. The third kappa shape index (κ3) is 3.10. The maximum atomic E-state index is 5.45. The average Bonchev–Trinajstić information content (AvgIpc) is 2.71. The Bertz CT molecular complexity index is 618. The molecule has 0 radical (unpaired) electrons. The average molecular weight is 287 g/mol. The summed E-state index contributed by atoms with van der Waals surface area (Å²) >= 11 is 0. The number of rotatable bonds is 5. The molecule has 1 aromatic heterocycles. The number of para-hydroxylation sites is 1. The lowest BCUT2D eigenvalue weighted by atomic mass is 10.0. The van der Waals surface area contributed by atoms with Crippen LogP contribution in [0.5, 0.6) is 5.75 Å². The largest absolute Gasteiger partial charge is 0.496 e. The Kier molecular flexibility index (Phi) is 4.68. The highest BCUT2D eigenvalue weighted by Gasteiger charge is 2.19. The van der Waals surface area contributed by atoms with Gasteiger partial charge in [0.25, 0.3) is 0 Å².